The standard InChI is InChI=1S/C30H24F6N2O2.2C2H4O2.Co/c1-3-17-9-23(29(31,32)33)11-21(27(17)39)15-37-25-13-19-7-5-6-8-20(19)14-26(25)38-16-22-12-24(30(34,35)36)10-18(4-2)28(22)40;2*1-2(3)4;/h5-16,39-40H,3-4H2,1-2H3;2*1H3,(H,3,4);/q;;;+2/p-2. The van der Waals surface area contributed by atoms with Crippen LogP contribution in [0.3, 0.4) is 0 Å². The predicted molar refractivity (Wildman–Crippen MR) is 165 cm³/mol. The van der Waals surface area contributed by atoms with Crippen molar-refractivity contribution in [1.82, 2.24) is 0 Å². The van der Waals surface area contributed by atoms with Crippen LogP contribution < -0.4 is 10.2 Å². The molecule has 2 N–H and O–H groups in total. The molecule has 0 spiro atoms. The molecule has 15 heteroatoms. The van der Waals surface area contributed by atoms with Crippen LogP contribution in [0.15, 0.2) is 70.6 Å². The number of aliphatic imine (C=N–C) groups is 2. The second-order valence-electron chi connectivity index (χ2n) is 10.0. The quantitative estimate of drug-likeness (QED) is 0.173. The number of aromatic hydroxyl groups is 2. The van der Waals surface area contributed by atoms with Crippen LogP contribution in [0.4, 0.5) is 37.7 Å². The van der Waals surface area contributed by atoms with Crippen LogP contribution in [0.2, 0.25) is 0 Å². The van der Waals surface area contributed by atoms with E-state index >= 15 is 0 Å². The van der Waals surface area contributed by atoms with Gasteiger partial charge in [-0.3, -0.25) is 9.98 Å². The zero-order valence-corrected chi connectivity index (χ0v) is 27.4. The topological polar surface area (TPSA) is 145 Å². The van der Waals surface area contributed by atoms with Gasteiger partial charge in [0.1, 0.15) is 11.5 Å². The Bertz CT molecular complexity index is 1700. The molecule has 1 radical (unpaired) electrons. The van der Waals surface area contributed by atoms with Gasteiger partial charge in [0.25, 0.3) is 0 Å². The third kappa shape index (κ3) is 12.6. The second kappa shape index (κ2) is 18.0. The van der Waals surface area contributed by atoms with Crippen LogP contribution in [0, 0.1) is 0 Å². The number of hydrogen-bond acceptors (Lipinski definition) is 8. The number of phenols is 2. The van der Waals surface area contributed by atoms with Gasteiger partial charge in [-0.1, -0.05) is 38.1 Å². The first-order valence-corrected chi connectivity index (χ1v) is 14.1. The molecule has 49 heavy (non-hydrogen) atoms. The van der Waals surface area contributed by atoms with Crippen molar-refractivity contribution in [3.63, 3.8) is 0 Å². The summed E-state index contributed by atoms with van der Waals surface area (Å²) in [6, 6.07) is 13.7. The van der Waals surface area contributed by atoms with Gasteiger partial charge in [0.2, 0.25) is 0 Å². The molecule has 4 rings (SSSR count). The minimum Gasteiger partial charge on any atom is -0.550 e. The molecular formula is C34H30CoF6N2O6. The molecule has 0 saturated heterocycles. The van der Waals surface area contributed by atoms with Crippen molar-refractivity contribution in [1.29, 1.82) is 0 Å². The second-order valence-corrected chi connectivity index (χ2v) is 10.0. The fraction of sp³-hybridized carbons (Fsp3) is 0.235. The van der Waals surface area contributed by atoms with Gasteiger partial charge in [-0.15, -0.1) is 0 Å². The van der Waals surface area contributed by atoms with E-state index in [1.807, 2.05) is 0 Å². The SMILES string of the molecule is CC(=O)[O-].CC(=O)[O-].CCc1cc(C(F)(F)F)cc(C=Nc2cc3ccccc3cc2N=Cc2cc(C(F)(F)F)cc(CC)c2O)c1O.[Co+2]. The van der Waals surface area contributed by atoms with Crippen LogP contribution in [0.5, 0.6) is 11.5 Å². The summed E-state index contributed by atoms with van der Waals surface area (Å²) in [5, 5.41) is 40.3. The number of carboxylic acid groups (broad SMARTS) is 2. The fourth-order valence-corrected chi connectivity index (χ4v) is 4.20. The van der Waals surface area contributed by atoms with E-state index in [2.05, 4.69) is 9.98 Å². The molecule has 0 saturated carbocycles. The van der Waals surface area contributed by atoms with E-state index in [-0.39, 0.29) is 74.7 Å². The molecule has 0 aromatic heterocycles. The summed E-state index contributed by atoms with van der Waals surface area (Å²) >= 11 is 0. The summed E-state index contributed by atoms with van der Waals surface area (Å²) in [7, 11) is 0. The molecule has 0 aliphatic carbocycles. The first-order valence-electron chi connectivity index (χ1n) is 14.1. The fourth-order valence-electron chi connectivity index (χ4n) is 4.20. The number of nitrogens with zero attached hydrogens (tertiary/aromatic N) is 2. The summed E-state index contributed by atoms with van der Waals surface area (Å²) in [6.07, 6.45) is -6.79. The summed E-state index contributed by atoms with van der Waals surface area (Å²) in [5.74, 6) is -2.85. The van der Waals surface area contributed by atoms with Crippen molar-refractivity contribution in [2.24, 2.45) is 9.98 Å². The van der Waals surface area contributed by atoms with Gasteiger partial charge >= 0.3 is 29.1 Å². The molecule has 0 aliphatic heterocycles. The molecular weight excluding hydrogens is 705 g/mol. The van der Waals surface area contributed by atoms with Crippen LogP contribution in [0.1, 0.15) is 61.1 Å². The Kier molecular flexibility index (Phi) is 15.5. The van der Waals surface area contributed by atoms with Gasteiger partial charge in [0, 0.05) is 35.5 Å². The molecule has 4 aromatic rings. The summed E-state index contributed by atoms with van der Waals surface area (Å²) in [6.45, 7) is 5.17. The first-order chi connectivity index (χ1) is 22.3. The normalized spacial score (nSPS) is 11.4. The Morgan fingerprint density at radius 1 is 0.673 bits per heavy atom. The largest absolute Gasteiger partial charge is 2.00 e. The van der Waals surface area contributed by atoms with Crippen molar-refractivity contribution >= 4 is 46.5 Å². The molecule has 0 heterocycles. The maximum Gasteiger partial charge on any atom is 2.00 e. The number of carboxylic acids is 2. The number of carbonyl (C=O) groups is 2. The number of alkyl halides is 6. The van der Waals surface area contributed by atoms with Gasteiger partial charge < -0.3 is 30.0 Å². The Hall–Kier alpha value is -4.89. The van der Waals surface area contributed by atoms with E-state index in [0.29, 0.717) is 0 Å². The zero-order valence-electron chi connectivity index (χ0n) is 26.4. The van der Waals surface area contributed by atoms with E-state index in [1.165, 1.54) is 0 Å². The Balaban J connectivity index is 0.00000120. The number of carbonyl (C=O) groups excluding carboxylic acids is 2. The number of halogens is 6. The minimum atomic E-state index is -4.64. The minimum absolute atomic E-state index is 0. The summed E-state index contributed by atoms with van der Waals surface area (Å²) < 4.78 is 80.6. The van der Waals surface area contributed by atoms with Crippen LogP contribution in [-0.4, -0.2) is 34.6 Å². The van der Waals surface area contributed by atoms with Crippen LogP contribution >= 0.6 is 0 Å². The number of fused-ring (bicyclic) bond motifs is 1. The Labute approximate surface area is 287 Å². The molecule has 0 aliphatic rings. The predicted octanol–water partition coefficient (Wildman–Crippen LogP) is 6.42. The average Bonchev–Trinajstić information content (AvgIpc) is 2.98. The first kappa shape index (κ1) is 42.1. The number of benzene rings is 4. The van der Waals surface area contributed by atoms with Gasteiger partial charge in [0.15, 0.2) is 0 Å². The van der Waals surface area contributed by atoms with E-state index in [1.54, 1.807) is 50.2 Å². The third-order valence-electron chi connectivity index (χ3n) is 6.38. The van der Waals surface area contributed by atoms with E-state index in [4.69, 9.17) is 19.8 Å². The molecule has 4 aromatic carbocycles. The number of rotatable bonds is 6. The summed E-state index contributed by atoms with van der Waals surface area (Å²) in [4.78, 5) is 26.4. The van der Waals surface area contributed by atoms with Crippen molar-refractivity contribution in [3.8, 4) is 11.5 Å². The number of aryl methyl sites for hydroxylation is 2. The number of phenolic OH excluding ortho intramolecular Hbond substituents is 2. The molecule has 8 nitrogen and oxygen atoms in total. The van der Waals surface area contributed by atoms with Gasteiger partial charge in [-0.25, -0.2) is 0 Å². The van der Waals surface area contributed by atoms with E-state index < -0.39 is 35.4 Å². The Morgan fingerprint density at radius 3 is 1.24 bits per heavy atom. The number of hydrogen-bond donors (Lipinski definition) is 2. The molecule has 0 unspecified atom stereocenters. The van der Waals surface area contributed by atoms with Gasteiger partial charge in [-0.05, 0) is 85.0 Å². The molecule has 0 atom stereocenters. The monoisotopic (exact) mass is 735 g/mol. The van der Waals surface area contributed by atoms with Crippen molar-refractivity contribution in [3.05, 3.63) is 94.0 Å². The van der Waals surface area contributed by atoms with Crippen molar-refractivity contribution < 1.29 is 73.1 Å². The molecule has 0 bridgehead atoms. The van der Waals surface area contributed by atoms with Crippen LogP contribution in [0.25, 0.3) is 10.8 Å². The van der Waals surface area contributed by atoms with Gasteiger partial charge in [-0.2, -0.15) is 26.3 Å². The maximum absolute atomic E-state index is 13.4. The van der Waals surface area contributed by atoms with Crippen LogP contribution in [-0.2, 0) is 51.6 Å². The average molecular weight is 736 g/mol. The molecule has 263 valence electrons. The smallest absolute Gasteiger partial charge is 0.550 e. The third-order valence-corrected chi connectivity index (χ3v) is 6.38. The Morgan fingerprint density at radius 2 is 0.980 bits per heavy atom. The number of aliphatic carboxylic acids is 2. The molecule has 0 amide bonds. The van der Waals surface area contributed by atoms with Gasteiger partial charge in [0.05, 0.1) is 22.5 Å². The zero-order chi connectivity index (χ0) is 36.4. The van der Waals surface area contributed by atoms with Crippen molar-refractivity contribution in [2.75, 3.05) is 0 Å². The maximum atomic E-state index is 13.4. The van der Waals surface area contributed by atoms with E-state index in [0.717, 1.165) is 61.3 Å². The van der Waals surface area contributed by atoms with Crippen molar-refractivity contribution in [2.45, 2.75) is 52.9 Å². The van der Waals surface area contributed by atoms with E-state index in [9.17, 15) is 36.6 Å². The molecule has 0 fully saturated rings. The summed E-state index contributed by atoms with van der Waals surface area (Å²) in [5.41, 5.74) is -1.62.